The van der Waals surface area contributed by atoms with Crippen molar-refractivity contribution in [2.75, 3.05) is 7.11 Å². The van der Waals surface area contributed by atoms with Crippen molar-refractivity contribution in [1.82, 2.24) is 29.3 Å². The van der Waals surface area contributed by atoms with E-state index in [1.807, 2.05) is 23.8 Å². The molecule has 1 aliphatic rings. The summed E-state index contributed by atoms with van der Waals surface area (Å²) in [7, 11) is 1.54. The van der Waals surface area contributed by atoms with Crippen LogP contribution in [-0.4, -0.2) is 36.4 Å². The first-order chi connectivity index (χ1) is 15.8. The third-order valence-electron chi connectivity index (χ3n) is 5.83. The molecule has 0 amide bonds. The molecule has 0 fully saturated rings. The van der Waals surface area contributed by atoms with Crippen molar-refractivity contribution in [2.45, 2.75) is 38.4 Å². The molecule has 0 aliphatic carbocycles. The highest BCUT2D eigenvalue weighted by atomic mass is 19.4. The largest absolute Gasteiger partial charge is 0.479 e. The maximum Gasteiger partial charge on any atom is 0.416 e. The highest BCUT2D eigenvalue weighted by molar-refractivity contribution is 5.55. The number of aromatic nitrogens is 6. The lowest BCUT2D eigenvalue weighted by atomic mass is 9.87. The second-order valence-electron chi connectivity index (χ2n) is 8.00. The number of hydrogen-bond donors (Lipinski definition) is 0. The van der Waals surface area contributed by atoms with Crippen molar-refractivity contribution in [2.24, 2.45) is 0 Å². The lowest BCUT2D eigenvalue weighted by Crippen LogP contribution is -2.21. The molecule has 0 saturated heterocycles. The predicted octanol–water partition coefficient (Wildman–Crippen LogP) is 4.59. The van der Waals surface area contributed by atoms with Gasteiger partial charge in [0.2, 0.25) is 5.88 Å². The summed E-state index contributed by atoms with van der Waals surface area (Å²) in [6.07, 6.45) is 0.0951. The number of imidazole rings is 1. The number of nitrogens with zero attached hydrogens (tertiary/aromatic N) is 6. The molecule has 10 heteroatoms. The molecular formula is C23H21F3N6O. The lowest BCUT2D eigenvalue weighted by Gasteiger charge is -2.25. The molecule has 1 aliphatic heterocycles. The van der Waals surface area contributed by atoms with Crippen LogP contribution < -0.4 is 4.74 Å². The van der Waals surface area contributed by atoms with Gasteiger partial charge in [0.05, 0.1) is 24.7 Å². The van der Waals surface area contributed by atoms with Gasteiger partial charge in [-0.25, -0.2) is 19.6 Å². The van der Waals surface area contributed by atoms with E-state index in [9.17, 15) is 13.2 Å². The molecule has 1 atom stereocenters. The summed E-state index contributed by atoms with van der Waals surface area (Å²) in [5.74, 6) is 1.19. The van der Waals surface area contributed by atoms with E-state index in [0.717, 1.165) is 17.4 Å². The van der Waals surface area contributed by atoms with Crippen molar-refractivity contribution in [1.29, 1.82) is 0 Å². The summed E-state index contributed by atoms with van der Waals surface area (Å²) in [5, 5.41) is 4.55. The van der Waals surface area contributed by atoms with Crippen molar-refractivity contribution in [3.63, 3.8) is 0 Å². The van der Waals surface area contributed by atoms with Gasteiger partial charge in [-0.3, -0.25) is 0 Å². The number of fused-ring (bicyclic) bond motifs is 1. The lowest BCUT2D eigenvalue weighted by molar-refractivity contribution is -0.138. The van der Waals surface area contributed by atoms with Crippen LogP contribution in [0.2, 0.25) is 0 Å². The number of pyridine rings is 1. The minimum atomic E-state index is -4.39. The fraction of sp³-hybridized carbons (Fsp3) is 0.304. The smallest absolute Gasteiger partial charge is 0.416 e. The summed E-state index contributed by atoms with van der Waals surface area (Å²) >= 11 is 0. The second-order valence-corrected chi connectivity index (χ2v) is 8.00. The summed E-state index contributed by atoms with van der Waals surface area (Å²) in [4.78, 5) is 13.4. The molecule has 33 heavy (non-hydrogen) atoms. The van der Waals surface area contributed by atoms with Crippen molar-refractivity contribution < 1.29 is 17.9 Å². The van der Waals surface area contributed by atoms with Gasteiger partial charge in [0.25, 0.3) is 0 Å². The Morgan fingerprint density at radius 2 is 1.91 bits per heavy atom. The predicted molar refractivity (Wildman–Crippen MR) is 114 cm³/mol. The molecule has 0 bridgehead atoms. The molecule has 0 radical (unpaired) electrons. The maximum atomic E-state index is 13.5. The third kappa shape index (κ3) is 3.96. The van der Waals surface area contributed by atoms with Gasteiger partial charge in [-0.15, -0.1) is 5.10 Å². The van der Waals surface area contributed by atoms with E-state index in [4.69, 9.17) is 4.74 Å². The Balaban J connectivity index is 1.44. The minimum Gasteiger partial charge on any atom is -0.479 e. The number of ether oxygens (including phenoxy) is 1. The summed E-state index contributed by atoms with van der Waals surface area (Å²) < 4.78 is 49.5. The number of halogens is 3. The first kappa shape index (κ1) is 21.2. The summed E-state index contributed by atoms with van der Waals surface area (Å²) in [6.45, 7) is 2.38. The highest BCUT2D eigenvalue weighted by Crippen LogP contribution is 2.39. The minimum absolute atomic E-state index is 0.276. The van der Waals surface area contributed by atoms with Gasteiger partial charge in [-0.2, -0.15) is 13.2 Å². The fourth-order valence-electron chi connectivity index (χ4n) is 4.25. The maximum absolute atomic E-state index is 13.5. The van der Waals surface area contributed by atoms with E-state index in [1.54, 1.807) is 29.2 Å². The molecule has 4 heterocycles. The fourth-order valence-corrected chi connectivity index (χ4v) is 4.25. The summed E-state index contributed by atoms with van der Waals surface area (Å²) in [5.41, 5.74) is 1.85. The molecule has 170 valence electrons. The van der Waals surface area contributed by atoms with Crippen LogP contribution in [0.1, 0.15) is 35.0 Å². The Hall–Kier alpha value is -3.69. The van der Waals surface area contributed by atoms with E-state index in [0.29, 0.717) is 48.2 Å². The molecular weight excluding hydrogens is 433 g/mol. The zero-order chi connectivity index (χ0) is 23.2. The monoisotopic (exact) mass is 454 g/mol. The zero-order valence-corrected chi connectivity index (χ0v) is 18.0. The quantitative estimate of drug-likeness (QED) is 0.451. The topological polar surface area (TPSA) is 70.7 Å². The van der Waals surface area contributed by atoms with Crippen LogP contribution in [0, 0.1) is 6.92 Å². The molecule has 7 nitrogen and oxygen atoms in total. The highest BCUT2D eigenvalue weighted by Gasteiger charge is 2.36. The molecule has 5 rings (SSSR count). The normalized spacial score (nSPS) is 16.0. The van der Waals surface area contributed by atoms with Gasteiger partial charge in [-0.1, -0.05) is 18.2 Å². The van der Waals surface area contributed by atoms with Gasteiger partial charge in [-0.05, 0) is 43.0 Å². The SMILES string of the molecule is COc1nc(-c2nc3n(n2)CC[C@H](c2ccccc2C(F)(F)F)C3)ccc1-n1cnc(C)c1. The van der Waals surface area contributed by atoms with Crippen LogP contribution in [0.5, 0.6) is 5.88 Å². The number of alkyl halides is 3. The van der Waals surface area contributed by atoms with E-state index in [-0.39, 0.29) is 5.92 Å². The summed E-state index contributed by atoms with van der Waals surface area (Å²) in [6, 6.07) is 9.41. The van der Waals surface area contributed by atoms with E-state index in [2.05, 4.69) is 20.1 Å². The van der Waals surface area contributed by atoms with E-state index >= 15 is 0 Å². The average Bonchev–Trinajstić information content (AvgIpc) is 3.43. The Morgan fingerprint density at radius 1 is 1.09 bits per heavy atom. The van der Waals surface area contributed by atoms with Gasteiger partial charge in [0.15, 0.2) is 5.82 Å². The van der Waals surface area contributed by atoms with Gasteiger partial charge < -0.3 is 9.30 Å². The number of aryl methyl sites for hydroxylation is 2. The number of methoxy groups -OCH3 is 1. The van der Waals surface area contributed by atoms with Crippen molar-refractivity contribution >= 4 is 0 Å². The Kier molecular flexibility index (Phi) is 5.15. The van der Waals surface area contributed by atoms with Crippen LogP contribution in [-0.2, 0) is 19.1 Å². The average molecular weight is 454 g/mol. The Bertz CT molecular complexity index is 1310. The van der Waals surface area contributed by atoms with Crippen LogP contribution in [0.3, 0.4) is 0 Å². The molecule has 0 unspecified atom stereocenters. The van der Waals surface area contributed by atoms with Crippen LogP contribution >= 0.6 is 0 Å². The number of hydrogen-bond acceptors (Lipinski definition) is 5. The molecule has 4 aromatic rings. The van der Waals surface area contributed by atoms with E-state index in [1.165, 1.54) is 13.2 Å². The molecule has 3 aromatic heterocycles. The van der Waals surface area contributed by atoms with Gasteiger partial charge in [0.1, 0.15) is 17.2 Å². The molecule has 0 saturated carbocycles. The van der Waals surface area contributed by atoms with E-state index < -0.39 is 11.7 Å². The first-order valence-electron chi connectivity index (χ1n) is 10.5. The Labute approximate surface area is 187 Å². The van der Waals surface area contributed by atoms with Crippen LogP contribution in [0.25, 0.3) is 17.2 Å². The van der Waals surface area contributed by atoms with Crippen LogP contribution in [0.4, 0.5) is 13.2 Å². The molecule has 1 aromatic carbocycles. The van der Waals surface area contributed by atoms with Gasteiger partial charge in [0, 0.05) is 19.2 Å². The Morgan fingerprint density at radius 3 is 2.64 bits per heavy atom. The van der Waals surface area contributed by atoms with Crippen molar-refractivity contribution in [3.8, 4) is 23.1 Å². The number of benzene rings is 1. The standard InChI is InChI=1S/C23H21F3N6O/c1-14-12-31(13-27-14)19-8-7-18(28-22(19)33-2)21-29-20-11-15(9-10-32(20)30-21)16-5-3-4-6-17(16)23(24,25)26/h3-8,12-13,15H,9-11H2,1-2H3/t15-/m0/s1. The zero-order valence-electron chi connectivity index (χ0n) is 18.0. The second kappa shape index (κ2) is 8.02. The number of rotatable bonds is 4. The third-order valence-corrected chi connectivity index (χ3v) is 5.83. The first-order valence-corrected chi connectivity index (χ1v) is 10.5. The van der Waals surface area contributed by atoms with Gasteiger partial charge >= 0.3 is 6.18 Å². The molecule has 0 N–H and O–H groups in total. The van der Waals surface area contributed by atoms with Crippen LogP contribution in [0.15, 0.2) is 48.9 Å². The molecule has 0 spiro atoms. The van der Waals surface area contributed by atoms with Crippen molar-refractivity contribution in [3.05, 3.63) is 71.6 Å².